The van der Waals surface area contributed by atoms with E-state index in [1.165, 1.54) is 25.3 Å². The van der Waals surface area contributed by atoms with Gasteiger partial charge in [-0.25, -0.2) is 0 Å². The molecule has 1 unspecified atom stereocenters. The van der Waals surface area contributed by atoms with E-state index in [1.54, 1.807) is 6.07 Å². The van der Waals surface area contributed by atoms with Crippen LogP contribution >= 0.6 is 0 Å². The van der Waals surface area contributed by atoms with Crippen molar-refractivity contribution in [3.8, 4) is 5.75 Å². The second-order valence-corrected chi connectivity index (χ2v) is 5.73. The van der Waals surface area contributed by atoms with Crippen LogP contribution in [0.1, 0.15) is 37.7 Å². The number of benzene rings is 1. The van der Waals surface area contributed by atoms with E-state index >= 15 is 0 Å². The highest BCUT2D eigenvalue weighted by atomic mass is 19.4. The molecule has 1 saturated carbocycles. The first kappa shape index (κ1) is 16.1. The van der Waals surface area contributed by atoms with E-state index in [0.717, 1.165) is 25.0 Å². The molecular formula is C16H22F3NO. The minimum absolute atomic E-state index is 0.222. The molecule has 1 fully saturated rings. The molecule has 1 aliphatic carbocycles. The second kappa shape index (κ2) is 7.16. The van der Waals surface area contributed by atoms with Crippen LogP contribution in [0.5, 0.6) is 5.75 Å². The van der Waals surface area contributed by atoms with Gasteiger partial charge in [0.15, 0.2) is 0 Å². The molecule has 1 aromatic carbocycles. The third-order valence-corrected chi connectivity index (χ3v) is 4.24. The van der Waals surface area contributed by atoms with Gasteiger partial charge in [0.2, 0.25) is 0 Å². The fourth-order valence-electron chi connectivity index (χ4n) is 2.97. The minimum atomic E-state index is -4.34. The van der Waals surface area contributed by atoms with E-state index in [1.807, 2.05) is 0 Å². The highest BCUT2D eigenvalue weighted by Gasteiger charge is 2.30. The molecule has 0 saturated heterocycles. The van der Waals surface area contributed by atoms with Crippen LogP contribution in [0.25, 0.3) is 0 Å². The normalized spacial score (nSPS) is 18.5. The Bertz CT molecular complexity index is 441. The number of alkyl halides is 3. The summed E-state index contributed by atoms with van der Waals surface area (Å²) < 4.78 is 43.5. The van der Waals surface area contributed by atoms with Crippen LogP contribution in [0.15, 0.2) is 24.3 Å². The molecule has 0 radical (unpaired) electrons. The Morgan fingerprint density at radius 3 is 2.52 bits per heavy atom. The molecule has 1 aliphatic rings. The van der Waals surface area contributed by atoms with Gasteiger partial charge in [-0.3, -0.25) is 0 Å². The lowest BCUT2D eigenvalue weighted by Crippen LogP contribution is -2.30. The Morgan fingerprint density at radius 2 is 1.90 bits per heavy atom. The van der Waals surface area contributed by atoms with E-state index in [-0.39, 0.29) is 11.7 Å². The highest BCUT2D eigenvalue weighted by Crippen LogP contribution is 2.32. The van der Waals surface area contributed by atoms with Gasteiger partial charge in [-0.05, 0) is 30.7 Å². The largest absolute Gasteiger partial charge is 0.493 e. The van der Waals surface area contributed by atoms with Gasteiger partial charge in [0.1, 0.15) is 5.75 Å². The Balaban J connectivity index is 1.94. The second-order valence-electron chi connectivity index (χ2n) is 5.73. The highest BCUT2D eigenvalue weighted by molar-refractivity contribution is 5.30. The van der Waals surface area contributed by atoms with Crippen LogP contribution in [0.2, 0.25) is 0 Å². The predicted molar refractivity (Wildman–Crippen MR) is 76.1 cm³/mol. The summed E-state index contributed by atoms with van der Waals surface area (Å²) in [5, 5.41) is 0. The first-order chi connectivity index (χ1) is 10.0. The molecule has 0 aromatic heterocycles. The van der Waals surface area contributed by atoms with Crippen molar-refractivity contribution >= 4 is 0 Å². The molecule has 2 nitrogen and oxygen atoms in total. The van der Waals surface area contributed by atoms with Crippen LogP contribution in [-0.4, -0.2) is 13.2 Å². The van der Waals surface area contributed by atoms with E-state index in [4.69, 9.17) is 10.5 Å². The number of halogens is 3. The number of ether oxygens (including phenoxy) is 1. The zero-order valence-corrected chi connectivity index (χ0v) is 12.0. The molecule has 0 spiro atoms. The van der Waals surface area contributed by atoms with E-state index < -0.39 is 11.7 Å². The minimum Gasteiger partial charge on any atom is -0.493 e. The standard InChI is InChI=1S/C16H22F3NO/c17-16(18,19)14-7-4-8-15(9-14)21-11-13(10-20)12-5-2-1-3-6-12/h4,7-9,12-13H,1-3,5-6,10-11,20H2. The Hall–Kier alpha value is -1.23. The molecule has 5 heteroatoms. The molecule has 118 valence electrons. The molecule has 0 aliphatic heterocycles. The van der Waals surface area contributed by atoms with Crippen molar-refractivity contribution < 1.29 is 17.9 Å². The third kappa shape index (κ3) is 4.63. The number of hydrogen-bond donors (Lipinski definition) is 1. The van der Waals surface area contributed by atoms with Crippen molar-refractivity contribution in [3.63, 3.8) is 0 Å². The fourth-order valence-corrected chi connectivity index (χ4v) is 2.97. The van der Waals surface area contributed by atoms with Crippen LogP contribution in [0.4, 0.5) is 13.2 Å². The number of rotatable bonds is 5. The molecule has 0 bridgehead atoms. The van der Waals surface area contributed by atoms with Crippen molar-refractivity contribution in [2.45, 2.75) is 38.3 Å². The molecular weight excluding hydrogens is 279 g/mol. The zero-order valence-electron chi connectivity index (χ0n) is 12.0. The molecule has 2 N–H and O–H groups in total. The maximum absolute atomic E-state index is 12.6. The first-order valence-electron chi connectivity index (χ1n) is 7.51. The predicted octanol–water partition coefficient (Wildman–Crippen LogP) is 4.24. The Morgan fingerprint density at radius 1 is 1.19 bits per heavy atom. The lowest BCUT2D eigenvalue weighted by molar-refractivity contribution is -0.137. The van der Waals surface area contributed by atoms with Crippen LogP contribution < -0.4 is 10.5 Å². The molecule has 21 heavy (non-hydrogen) atoms. The summed E-state index contributed by atoms with van der Waals surface area (Å²) in [4.78, 5) is 0. The maximum Gasteiger partial charge on any atom is 0.416 e. The Kier molecular flexibility index (Phi) is 5.51. The van der Waals surface area contributed by atoms with Gasteiger partial charge < -0.3 is 10.5 Å². The van der Waals surface area contributed by atoms with Crippen LogP contribution in [0, 0.1) is 11.8 Å². The third-order valence-electron chi connectivity index (χ3n) is 4.24. The number of nitrogens with two attached hydrogens (primary N) is 1. The smallest absolute Gasteiger partial charge is 0.416 e. The van der Waals surface area contributed by atoms with Crippen molar-refractivity contribution in [2.24, 2.45) is 17.6 Å². The fraction of sp³-hybridized carbons (Fsp3) is 0.625. The molecule has 0 amide bonds. The van der Waals surface area contributed by atoms with Gasteiger partial charge in [-0.1, -0.05) is 38.2 Å². The van der Waals surface area contributed by atoms with Gasteiger partial charge in [0.25, 0.3) is 0 Å². The van der Waals surface area contributed by atoms with Crippen molar-refractivity contribution in [2.75, 3.05) is 13.2 Å². The number of hydrogen-bond acceptors (Lipinski definition) is 2. The summed E-state index contributed by atoms with van der Waals surface area (Å²) in [7, 11) is 0. The van der Waals surface area contributed by atoms with Crippen molar-refractivity contribution in [1.29, 1.82) is 0 Å². The molecule has 0 heterocycles. The van der Waals surface area contributed by atoms with Crippen LogP contribution in [-0.2, 0) is 6.18 Å². The van der Waals surface area contributed by atoms with E-state index in [0.29, 0.717) is 19.1 Å². The summed E-state index contributed by atoms with van der Waals surface area (Å²) >= 11 is 0. The zero-order chi connectivity index (χ0) is 15.3. The lowest BCUT2D eigenvalue weighted by Gasteiger charge is -2.29. The van der Waals surface area contributed by atoms with Crippen molar-refractivity contribution in [1.82, 2.24) is 0 Å². The summed E-state index contributed by atoms with van der Waals surface area (Å²) in [6.07, 6.45) is 1.65. The lowest BCUT2D eigenvalue weighted by atomic mass is 9.80. The SMILES string of the molecule is NCC(COc1cccc(C(F)(F)F)c1)C1CCCCC1. The summed E-state index contributed by atoms with van der Waals surface area (Å²) in [6.45, 7) is 0.909. The van der Waals surface area contributed by atoms with Crippen LogP contribution in [0.3, 0.4) is 0 Å². The van der Waals surface area contributed by atoms with Gasteiger partial charge in [0.05, 0.1) is 12.2 Å². The first-order valence-corrected chi connectivity index (χ1v) is 7.51. The maximum atomic E-state index is 12.6. The van der Waals surface area contributed by atoms with Gasteiger partial charge >= 0.3 is 6.18 Å². The van der Waals surface area contributed by atoms with Gasteiger partial charge in [0, 0.05) is 5.92 Å². The Labute approximate surface area is 123 Å². The average Bonchev–Trinajstić information content (AvgIpc) is 2.48. The van der Waals surface area contributed by atoms with Crippen molar-refractivity contribution in [3.05, 3.63) is 29.8 Å². The average molecular weight is 301 g/mol. The molecule has 1 aromatic rings. The summed E-state index contributed by atoms with van der Waals surface area (Å²) in [5.74, 6) is 1.02. The summed E-state index contributed by atoms with van der Waals surface area (Å²) in [5.41, 5.74) is 5.13. The molecule has 1 atom stereocenters. The topological polar surface area (TPSA) is 35.2 Å². The monoisotopic (exact) mass is 301 g/mol. The summed E-state index contributed by atoms with van der Waals surface area (Å²) in [6, 6.07) is 5.03. The molecule has 2 rings (SSSR count). The van der Waals surface area contributed by atoms with Gasteiger partial charge in [-0.2, -0.15) is 13.2 Å². The van der Waals surface area contributed by atoms with E-state index in [9.17, 15) is 13.2 Å². The van der Waals surface area contributed by atoms with E-state index in [2.05, 4.69) is 0 Å². The van der Waals surface area contributed by atoms with Gasteiger partial charge in [-0.15, -0.1) is 0 Å². The quantitative estimate of drug-likeness (QED) is 0.883.